The van der Waals surface area contributed by atoms with Crippen LogP contribution in [0, 0.1) is 11.8 Å². The summed E-state index contributed by atoms with van der Waals surface area (Å²) in [5.74, 6) is 1.15. The Morgan fingerprint density at radius 2 is 2.31 bits per heavy atom. The number of hydrogen-bond donors (Lipinski definition) is 2. The van der Waals surface area contributed by atoms with Gasteiger partial charge in [0.1, 0.15) is 0 Å². The fraction of sp³-hybridized carbons (Fsp3) is 0.917. The number of rotatable bonds is 3. The van der Waals surface area contributed by atoms with Crippen LogP contribution in [0.15, 0.2) is 0 Å². The maximum Gasteiger partial charge on any atom is 0.317 e. The second-order valence-corrected chi connectivity index (χ2v) is 5.56. The highest BCUT2D eigenvalue weighted by atomic mass is 16.2. The van der Waals surface area contributed by atoms with E-state index >= 15 is 0 Å². The number of fused-ring (bicyclic) bond motifs is 1. The summed E-state index contributed by atoms with van der Waals surface area (Å²) in [6, 6.07) is 0.0846. The van der Waals surface area contributed by atoms with Gasteiger partial charge in [0.05, 0.1) is 5.54 Å². The van der Waals surface area contributed by atoms with Crippen LogP contribution in [-0.4, -0.2) is 36.1 Å². The maximum atomic E-state index is 12.1. The lowest BCUT2D eigenvalue weighted by atomic mass is 9.67. The van der Waals surface area contributed by atoms with Gasteiger partial charge in [0, 0.05) is 19.6 Å². The van der Waals surface area contributed by atoms with Gasteiger partial charge in [0.25, 0.3) is 0 Å². The van der Waals surface area contributed by atoms with Gasteiger partial charge in [-0.2, -0.15) is 0 Å². The molecule has 2 rings (SSSR count). The molecule has 3 N–H and O–H groups in total. The standard InChI is InChI=1S/C12H23N3O/c1-9(2)7-14-11(16)15-6-4-10-3-5-12(10,15)8-13/h9-10H,3-8,13H2,1-2H3,(H,14,16). The summed E-state index contributed by atoms with van der Waals surface area (Å²) < 4.78 is 0. The Kier molecular flexibility index (Phi) is 3.10. The SMILES string of the molecule is CC(C)CNC(=O)N1CCC2CCC21CN. The van der Waals surface area contributed by atoms with Gasteiger partial charge in [0.15, 0.2) is 0 Å². The number of nitrogens with two attached hydrogens (primary N) is 1. The molecule has 2 aliphatic rings. The van der Waals surface area contributed by atoms with Crippen LogP contribution in [0.1, 0.15) is 33.1 Å². The molecule has 92 valence electrons. The van der Waals surface area contributed by atoms with Gasteiger partial charge < -0.3 is 16.0 Å². The predicted octanol–water partition coefficient (Wildman–Crippen LogP) is 1.17. The van der Waals surface area contributed by atoms with Crippen molar-refractivity contribution in [2.45, 2.75) is 38.6 Å². The maximum absolute atomic E-state index is 12.1. The number of carbonyl (C=O) groups is 1. The summed E-state index contributed by atoms with van der Waals surface area (Å²) in [4.78, 5) is 14.1. The summed E-state index contributed by atoms with van der Waals surface area (Å²) in [5, 5.41) is 3.00. The quantitative estimate of drug-likeness (QED) is 0.757. The average molecular weight is 225 g/mol. The smallest absolute Gasteiger partial charge is 0.317 e. The van der Waals surface area contributed by atoms with Crippen LogP contribution in [0.3, 0.4) is 0 Å². The molecule has 1 saturated heterocycles. The van der Waals surface area contributed by atoms with E-state index in [9.17, 15) is 4.79 Å². The zero-order chi connectivity index (χ0) is 11.8. The van der Waals surface area contributed by atoms with Crippen molar-refractivity contribution in [1.82, 2.24) is 10.2 Å². The Bertz CT molecular complexity index is 275. The number of hydrogen-bond acceptors (Lipinski definition) is 2. The van der Waals surface area contributed by atoms with E-state index in [0.717, 1.165) is 25.9 Å². The highest BCUT2D eigenvalue weighted by molar-refractivity contribution is 5.76. The van der Waals surface area contributed by atoms with Gasteiger partial charge in [-0.15, -0.1) is 0 Å². The third kappa shape index (κ3) is 1.69. The first kappa shape index (κ1) is 11.7. The molecule has 4 heteroatoms. The summed E-state index contributed by atoms with van der Waals surface area (Å²) in [7, 11) is 0. The highest BCUT2D eigenvalue weighted by Gasteiger charge is 2.55. The molecule has 2 atom stereocenters. The number of carbonyl (C=O) groups excluding carboxylic acids is 1. The normalized spacial score (nSPS) is 32.5. The minimum absolute atomic E-state index is 0.00105. The van der Waals surface area contributed by atoms with Gasteiger partial charge in [-0.3, -0.25) is 0 Å². The van der Waals surface area contributed by atoms with E-state index in [0.29, 0.717) is 18.4 Å². The molecule has 1 saturated carbocycles. The van der Waals surface area contributed by atoms with Crippen LogP contribution < -0.4 is 11.1 Å². The van der Waals surface area contributed by atoms with E-state index in [1.807, 2.05) is 4.90 Å². The van der Waals surface area contributed by atoms with E-state index in [4.69, 9.17) is 5.73 Å². The Morgan fingerprint density at radius 1 is 1.56 bits per heavy atom. The van der Waals surface area contributed by atoms with Crippen LogP contribution in [0.5, 0.6) is 0 Å². The highest BCUT2D eigenvalue weighted by Crippen LogP contribution is 2.49. The Balaban J connectivity index is 1.96. The summed E-state index contributed by atoms with van der Waals surface area (Å²) in [5.41, 5.74) is 5.87. The zero-order valence-electron chi connectivity index (χ0n) is 10.3. The summed E-state index contributed by atoms with van der Waals surface area (Å²) in [6.45, 7) is 6.46. The van der Waals surface area contributed by atoms with Gasteiger partial charge in [-0.1, -0.05) is 13.8 Å². The first-order valence-corrected chi connectivity index (χ1v) is 6.35. The molecule has 0 aromatic rings. The first-order chi connectivity index (χ1) is 7.60. The van der Waals surface area contributed by atoms with E-state index in [1.54, 1.807) is 0 Å². The zero-order valence-corrected chi connectivity index (χ0v) is 10.3. The fourth-order valence-corrected chi connectivity index (χ4v) is 3.03. The van der Waals surface area contributed by atoms with E-state index in [2.05, 4.69) is 19.2 Å². The minimum Gasteiger partial charge on any atom is -0.338 e. The Morgan fingerprint density at radius 3 is 2.81 bits per heavy atom. The molecule has 0 aromatic heterocycles. The van der Waals surface area contributed by atoms with Crippen molar-refractivity contribution >= 4 is 6.03 Å². The van der Waals surface area contributed by atoms with Crippen molar-refractivity contribution < 1.29 is 4.79 Å². The van der Waals surface area contributed by atoms with Crippen molar-refractivity contribution in [1.29, 1.82) is 0 Å². The Labute approximate surface area is 97.6 Å². The topological polar surface area (TPSA) is 58.4 Å². The second-order valence-electron chi connectivity index (χ2n) is 5.56. The lowest BCUT2D eigenvalue weighted by Gasteiger charge is -2.49. The largest absolute Gasteiger partial charge is 0.338 e. The molecule has 1 aliphatic heterocycles. The fourth-order valence-electron chi connectivity index (χ4n) is 3.03. The van der Waals surface area contributed by atoms with Gasteiger partial charge in [-0.05, 0) is 31.1 Å². The summed E-state index contributed by atoms with van der Waals surface area (Å²) >= 11 is 0. The predicted molar refractivity (Wildman–Crippen MR) is 64.1 cm³/mol. The average Bonchev–Trinajstić information content (AvgIpc) is 2.47. The number of nitrogens with one attached hydrogen (secondary N) is 1. The molecular formula is C12H23N3O. The number of likely N-dealkylation sites (tertiary alicyclic amines) is 1. The van der Waals surface area contributed by atoms with Crippen LogP contribution >= 0.6 is 0 Å². The molecular weight excluding hydrogens is 202 g/mol. The van der Waals surface area contributed by atoms with E-state index < -0.39 is 0 Å². The number of amides is 2. The molecule has 1 aliphatic carbocycles. The number of nitrogens with zero attached hydrogens (tertiary/aromatic N) is 1. The lowest BCUT2D eigenvalue weighted by Crippen LogP contribution is -2.62. The van der Waals surface area contributed by atoms with Crippen LogP contribution in [0.4, 0.5) is 4.79 Å². The molecule has 0 aromatic carbocycles. The van der Waals surface area contributed by atoms with E-state index in [1.165, 1.54) is 6.42 Å². The molecule has 0 radical (unpaired) electrons. The lowest BCUT2D eigenvalue weighted by molar-refractivity contribution is 0.0506. The van der Waals surface area contributed by atoms with Crippen molar-refractivity contribution in [3.63, 3.8) is 0 Å². The third-order valence-corrected chi connectivity index (χ3v) is 4.18. The second kappa shape index (κ2) is 4.24. The molecule has 2 amide bonds. The van der Waals surface area contributed by atoms with Crippen LogP contribution in [-0.2, 0) is 0 Å². The molecule has 4 nitrogen and oxygen atoms in total. The van der Waals surface area contributed by atoms with Crippen LogP contribution in [0.25, 0.3) is 0 Å². The molecule has 1 heterocycles. The summed E-state index contributed by atoms with van der Waals surface area (Å²) in [6.07, 6.45) is 3.46. The monoisotopic (exact) mass is 225 g/mol. The first-order valence-electron chi connectivity index (χ1n) is 6.35. The molecule has 2 unspecified atom stereocenters. The molecule has 2 fully saturated rings. The molecule has 0 bridgehead atoms. The van der Waals surface area contributed by atoms with Crippen molar-refractivity contribution in [3.05, 3.63) is 0 Å². The Hall–Kier alpha value is -0.770. The van der Waals surface area contributed by atoms with Gasteiger partial charge in [0.2, 0.25) is 0 Å². The van der Waals surface area contributed by atoms with Gasteiger partial charge >= 0.3 is 6.03 Å². The van der Waals surface area contributed by atoms with Crippen molar-refractivity contribution in [3.8, 4) is 0 Å². The molecule has 16 heavy (non-hydrogen) atoms. The van der Waals surface area contributed by atoms with Crippen LogP contribution in [0.2, 0.25) is 0 Å². The van der Waals surface area contributed by atoms with E-state index in [-0.39, 0.29) is 11.6 Å². The number of urea groups is 1. The third-order valence-electron chi connectivity index (χ3n) is 4.18. The molecule has 0 spiro atoms. The van der Waals surface area contributed by atoms with Crippen molar-refractivity contribution in [2.24, 2.45) is 17.6 Å². The minimum atomic E-state index is 0.00105. The van der Waals surface area contributed by atoms with Gasteiger partial charge in [-0.25, -0.2) is 4.79 Å². The van der Waals surface area contributed by atoms with Crippen molar-refractivity contribution in [2.75, 3.05) is 19.6 Å².